The van der Waals surface area contributed by atoms with Crippen molar-refractivity contribution in [2.24, 2.45) is 0 Å². The van der Waals surface area contributed by atoms with E-state index in [4.69, 9.17) is 11.6 Å². The molecule has 1 aliphatic rings. The van der Waals surface area contributed by atoms with Crippen molar-refractivity contribution >= 4 is 28.8 Å². The molecule has 0 radical (unpaired) electrons. The lowest BCUT2D eigenvalue weighted by molar-refractivity contribution is 0.0629. The Kier molecular flexibility index (Phi) is 5.01. The summed E-state index contributed by atoms with van der Waals surface area (Å²) in [5, 5.41) is 4.09. The smallest absolute Gasteiger partial charge is 0.253 e. The summed E-state index contributed by atoms with van der Waals surface area (Å²) in [5.41, 5.74) is 1.59. The van der Waals surface area contributed by atoms with E-state index in [0.29, 0.717) is 5.56 Å². The molecule has 2 aromatic heterocycles. The summed E-state index contributed by atoms with van der Waals surface area (Å²) in [5.74, 6) is 0.0777. The van der Waals surface area contributed by atoms with Gasteiger partial charge in [-0.25, -0.2) is 9.67 Å². The van der Waals surface area contributed by atoms with E-state index in [-0.39, 0.29) is 5.91 Å². The van der Waals surface area contributed by atoms with Crippen LogP contribution in [-0.4, -0.2) is 56.7 Å². The minimum absolute atomic E-state index is 0.0777. The number of amides is 1. The van der Waals surface area contributed by atoms with Gasteiger partial charge < -0.3 is 4.90 Å². The first-order chi connectivity index (χ1) is 12.7. The highest BCUT2D eigenvalue weighted by atomic mass is 35.5. The molecule has 0 aliphatic carbocycles. The highest BCUT2D eigenvalue weighted by Gasteiger charge is 2.22. The number of carbonyl (C=O) groups excluding carboxylic acids is 1. The van der Waals surface area contributed by atoms with E-state index in [1.54, 1.807) is 22.3 Å². The zero-order valence-electron chi connectivity index (χ0n) is 14.1. The fourth-order valence-corrected chi connectivity index (χ4v) is 4.18. The summed E-state index contributed by atoms with van der Waals surface area (Å²) >= 11 is 7.61. The highest BCUT2D eigenvalue weighted by Crippen LogP contribution is 2.23. The number of rotatable bonds is 4. The molecule has 8 heteroatoms. The first-order valence-corrected chi connectivity index (χ1v) is 9.59. The van der Waals surface area contributed by atoms with Gasteiger partial charge in [-0.2, -0.15) is 5.10 Å². The average Bonchev–Trinajstić information content (AvgIpc) is 3.34. The number of aromatic nitrogens is 3. The van der Waals surface area contributed by atoms with Crippen molar-refractivity contribution in [3.05, 3.63) is 63.8 Å². The molecular weight excluding hydrogens is 370 g/mol. The van der Waals surface area contributed by atoms with Gasteiger partial charge in [-0.15, -0.1) is 11.3 Å². The van der Waals surface area contributed by atoms with Crippen LogP contribution in [0.3, 0.4) is 0 Å². The van der Waals surface area contributed by atoms with Crippen LogP contribution in [0.4, 0.5) is 0 Å². The van der Waals surface area contributed by atoms with Gasteiger partial charge >= 0.3 is 0 Å². The average molecular weight is 388 g/mol. The lowest BCUT2D eigenvalue weighted by Crippen LogP contribution is -2.48. The monoisotopic (exact) mass is 387 g/mol. The van der Waals surface area contributed by atoms with Crippen LogP contribution in [0.25, 0.3) is 5.69 Å². The molecule has 0 saturated carbocycles. The lowest BCUT2D eigenvalue weighted by atomic mass is 10.1. The van der Waals surface area contributed by atoms with E-state index in [0.717, 1.165) is 42.7 Å². The number of hydrogen-bond donors (Lipinski definition) is 0. The van der Waals surface area contributed by atoms with Gasteiger partial charge in [0.2, 0.25) is 0 Å². The zero-order chi connectivity index (χ0) is 17.9. The third-order valence-electron chi connectivity index (χ3n) is 4.47. The van der Waals surface area contributed by atoms with Gasteiger partial charge in [0.15, 0.2) is 0 Å². The van der Waals surface area contributed by atoms with Crippen molar-refractivity contribution in [3.8, 4) is 5.69 Å². The van der Waals surface area contributed by atoms with Crippen molar-refractivity contribution in [2.75, 3.05) is 26.2 Å². The second-order valence-electron chi connectivity index (χ2n) is 6.16. The van der Waals surface area contributed by atoms with Crippen LogP contribution in [0.5, 0.6) is 0 Å². The van der Waals surface area contributed by atoms with Gasteiger partial charge in [0.05, 0.1) is 10.0 Å². The Labute approximate surface area is 160 Å². The SMILES string of the molecule is O=C(c1ccc(-n2cncn2)cc1)N1CCN(Cc2ccc(Cl)s2)CC1. The largest absolute Gasteiger partial charge is 0.336 e. The molecule has 0 spiro atoms. The van der Waals surface area contributed by atoms with Crippen LogP contribution in [0.15, 0.2) is 49.1 Å². The summed E-state index contributed by atoms with van der Waals surface area (Å²) in [7, 11) is 0. The maximum Gasteiger partial charge on any atom is 0.253 e. The van der Waals surface area contributed by atoms with E-state index in [1.807, 2.05) is 35.2 Å². The molecule has 1 saturated heterocycles. The third-order valence-corrected chi connectivity index (χ3v) is 5.68. The molecule has 1 aliphatic heterocycles. The van der Waals surface area contributed by atoms with Gasteiger partial charge in [-0.1, -0.05) is 11.6 Å². The van der Waals surface area contributed by atoms with Crippen LogP contribution >= 0.6 is 22.9 Å². The van der Waals surface area contributed by atoms with Crippen molar-refractivity contribution in [1.82, 2.24) is 24.6 Å². The fourth-order valence-electron chi connectivity index (χ4n) is 3.05. The molecular formula is C18H18ClN5OS. The van der Waals surface area contributed by atoms with E-state index in [9.17, 15) is 4.79 Å². The Morgan fingerprint density at radius 3 is 2.46 bits per heavy atom. The molecule has 134 valence electrons. The standard InChI is InChI=1S/C18H18ClN5OS/c19-17-6-5-16(26-17)11-22-7-9-23(10-8-22)18(25)14-1-3-15(4-2-14)24-13-20-12-21-24/h1-6,12-13H,7-11H2. The number of carbonyl (C=O) groups is 1. The minimum atomic E-state index is 0.0777. The molecule has 6 nitrogen and oxygen atoms in total. The van der Waals surface area contributed by atoms with Crippen molar-refractivity contribution in [2.45, 2.75) is 6.54 Å². The van der Waals surface area contributed by atoms with E-state index >= 15 is 0 Å². The predicted molar refractivity (Wildman–Crippen MR) is 102 cm³/mol. The Morgan fingerprint density at radius 1 is 1.08 bits per heavy atom. The van der Waals surface area contributed by atoms with Crippen molar-refractivity contribution in [3.63, 3.8) is 0 Å². The minimum Gasteiger partial charge on any atom is -0.336 e. The molecule has 0 unspecified atom stereocenters. The molecule has 0 N–H and O–H groups in total. The number of nitrogens with zero attached hydrogens (tertiary/aromatic N) is 5. The van der Waals surface area contributed by atoms with Crippen molar-refractivity contribution in [1.29, 1.82) is 0 Å². The van der Waals surface area contributed by atoms with E-state index in [1.165, 1.54) is 11.2 Å². The summed E-state index contributed by atoms with van der Waals surface area (Å²) in [6.45, 7) is 4.12. The molecule has 1 aromatic carbocycles. The molecule has 3 heterocycles. The van der Waals surface area contributed by atoms with Gasteiger partial charge in [-0.05, 0) is 36.4 Å². The third kappa shape index (κ3) is 3.80. The molecule has 0 bridgehead atoms. The topological polar surface area (TPSA) is 54.3 Å². The number of benzene rings is 1. The van der Waals surface area contributed by atoms with Gasteiger partial charge in [-0.3, -0.25) is 9.69 Å². The predicted octanol–water partition coefficient (Wildman–Crippen LogP) is 2.94. The summed E-state index contributed by atoms with van der Waals surface area (Å²) in [6.07, 6.45) is 3.12. The summed E-state index contributed by atoms with van der Waals surface area (Å²) in [6, 6.07) is 11.5. The molecule has 1 amide bonds. The molecule has 1 fully saturated rings. The maximum atomic E-state index is 12.7. The number of hydrogen-bond acceptors (Lipinski definition) is 5. The molecule has 3 aromatic rings. The van der Waals surface area contributed by atoms with Crippen LogP contribution in [0, 0.1) is 0 Å². The second kappa shape index (κ2) is 7.57. The Hall–Kier alpha value is -2.22. The lowest BCUT2D eigenvalue weighted by Gasteiger charge is -2.34. The van der Waals surface area contributed by atoms with Crippen molar-refractivity contribution < 1.29 is 4.79 Å². The fraction of sp³-hybridized carbons (Fsp3) is 0.278. The van der Waals surface area contributed by atoms with Gasteiger partial charge in [0.1, 0.15) is 12.7 Å². The van der Waals surface area contributed by atoms with Crippen LogP contribution < -0.4 is 0 Å². The normalized spacial score (nSPS) is 15.3. The second-order valence-corrected chi connectivity index (χ2v) is 7.96. The van der Waals surface area contributed by atoms with Crippen LogP contribution in [-0.2, 0) is 6.54 Å². The highest BCUT2D eigenvalue weighted by molar-refractivity contribution is 7.16. The van der Waals surface area contributed by atoms with Gasteiger partial charge in [0, 0.05) is 43.2 Å². The zero-order valence-corrected chi connectivity index (χ0v) is 15.7. The number of thiophene rings is 1. The molecule has 26 heavy (non-hydrogen) atoms. The molecule has 4 rings (SSSR count). The van der Waals surface area contributed by atoms with Crippen LogP contribution in [0.2, 0.25) is 4.34 Å². The quantitative estimate of drug-likeness (QED) is 0.690. The van der Waals surface area contributed by atoms with Crippen LogP contribution in [0.1, 0.15) is 15.2 Å². The Bertz CT molecular complexity index is 869. The Balaban J connectivity index is 1.34. The summed E-state index contributed by atoms with van der Waals surface area (Å²) in [4.78, 5) is 22.2. The first-order valence-electron chi connectivity index (χ1n) is 8.40. The number of halogens is 1. The maximum absolute atomic E-state index is 12.7. The summed E-state index contributed by atoms with van der Waals surface area (Å²) < 4.78 is 2.49. The first kappa shape index (κ1) is 17.2. The Morgan fingerprint density at radius 2 is 1.85 bits per heavy atom. The van der Waals surface area contributed by atoms with E-state index in [2.05, 4.69) is 21.0 Å². The number of piperazine rings is 1. The molecule has 0 atom stereocenters. The van der Waals surface area contributed by atoms with E-state index < -0.39 is 0 Å². The van der Waals surface area contributed by atoms with Gasteiger partial charge in [0.25, 0.3) is 5.91 Å².